The van der Waals surface area contributed by atoms with Gasteiger partial charge in [0.1, 0.15) is 5.75 Å². The van der Waals surface area contributed by atoms with E-state index in [1.54, 1.807) is 13.2 Å². The largest absolute Gasteiger partial charge is 0.497 e. The Morgan fingerprint density at radius 1 is 1.12 bits per heavy atom. The van der Waals surface area contributed by atoms with Gasteiger partial charge in [-0.05, 0) is 36.1 Å². The molecule has 3 atom stereocenters. The second-order valence-corrected chi connectivity index (χ2v) is 7.39. The van der Waals surface area contributed by atoms with E-state index < -0.39 is 0 Å². The number of rotatable bonds is 2. The molecular weight excluding hydrogens is 365 g/mol. The molecule has 0 aromatic heterocycles. The van der Waals surface area contributed by atoms with Gasteiger partial charge in [0.05, 0.1) is 33.9 Å². The molecule has 0 saturated heterocycles. The maximum Gasteiger partial charge on any atom is 0.119 e. The molecule has 1 aliphatic carbocycles. The average molecular weight is 381 g/mol. The van der Waals surface area contributed by atoms with Gasteiger partial charge in [0.2, 0.25) is 0 Å². The molecule has 4 rings (SSSR count). The Labute approximate surface area is 156 Å². The smallest absolute Gasteiger partial charge is 0.119 e. The number of allylic oxidation sites excluding steroid dienone is 2. The van der Waals surface area contributed by atoms with E-state index in [2.05, 4.69) is 29.6 Å². The van der Waals surface area contributed by atoms with Crippen LogP contribution in [-0.4, -0.2) is 7.11 Å². The van der Waals surface area contributed by atoms with Gasteiger partial charge in [-0.3, -0.25) is 0 Å². The van der Waals surface area contributed by atoms with Crippen molar-refractivity contribution >= 4 is 40.5 Å². The van der Waals surface area contributed by atoms with Gasteiger partial charge in [0.15, 0.2) is 0 Å². The van der Waals surface area contributed by atoms with Crippen LogP contribution in [-0.2, 0) is 0 Å². The predicted octanol–water partition coefficient (Wildman–Crippen LogP) is 6.48. The summed E-state index contributed by atoms with van der Waals surface area (Å²) < 4.78 is 5.38. The number of hydrogen-bond donors (Lipinski definition) is 1. The first-order valence-corrected chi connectivity index (χ1v) is 8.98. The zero-order valence-corrected chi connectivity index (χ0v) is 15.3. The number of ether oxygens (including phenoxy) is 1. The maximum absolute atomic E-state index is 6.51. The molecule has 2 aromatic carbocycles. The Morgan fingerprint density at radius 3 is 2.75 bits per heavy atom. The topological polar surface area (TPSA) is 21.3 Å². The number of anilines is 1. The molecule has 2 aromatic rings. The fourth-order valence-corrected chi connectivity index (χ4v) is 4.63. The molecule has 0 amide bonds. The van der Waals surface area contributed by atoms with Crippen molar-refractivity contribution < 1.29 is 4.74 Å². The van der Waals surface area contributed by atoms with Crippen LogP contribution in [0.4, 0.5) is 5.69 Å². The van der Waals surface area contributed by atoms with Gasteiger partial charge in [0, 0.05) is 11.5 Å². The lowest BCUT2D eigenvalue weighted by atomic mass is 9.77. The molecule has 0 saturated carbocycles. The van der Waals surface area contributed by atoms with Crippen LogP contribution in [0.5, 0.6) is 5.75 Å². The first-order chi connectivity index (χ1) is 11.6. The van der Waals surface area contributed by atoms with E-state index in [0.717, 1.165) is 23.4 Å². The average Bonchev–Trinajstić information content (AvgIpc) is 3.08. The quantitative estimate of drug-likeness (QED) is 0.475. The number of benzene rings is 2. The minimum atomic E-state index is 0.141. The highest BCUT2D eigenvalue weighted by atomic mass is 35.5. The van der Waals surface area contributed by atoms with Crippen molar-refractivity contribution in [3.05, 3.63) is 68.7 Å². The van der Waals surface area contributed by atoms with E-state index in [-0.39, 0.29) is 12.0 Å². The van der Waals surface area contributed by atoms with Gasteiger partial charge in [-0.2, -0.15) is 0 Å². The van der Waals surface area contributed by atoms with Gasteiger partial charge in [-0.1, -0.05) is 59.1 Å². The van der Waals surface area contributed by atoms with E-state index in [1.807, 2.05) is 12.1 Å². The number of methoxy groups -OCH3 is 1. The molecule has 0 spiro atoms. The second-order valence-electron chi connectivity index (χ2n) is 6.19. The molecule has 1 aliphatic heterocycles. The SMILES string of the molecule is COc1cccc(C2Nc3c(Cl)cc(Cl)c(Cl)c3C3C=CCC32)c1. The summed E-state index contributed by atoms with van der Waals surface area (Å²) in [5.41, 5.74) is 3.07. The molecule has 0 fully saturated rings. The minimum absolute atomic E-state index is 0.141. The van der Waals surface area contributed by atoms with Gasteiger partial charge in [0.25, 0.3) is 0 Å². The number of fused-ring (bicyclic) bond motifs is 3. The molecule has 1 N–H and O–H groups in total. The van der Waals surface area contributed by atoms with Crippen molar-refractivity contribution in [2.45, 2.75) is 18.4 Å². The third kappa shape index (κ3) is 2.48. The molecular formula is C19H16Cl3NO. The van der Waals surface area contributed by atoms with E-state index in [9.17, 15) is 0 Å². The molecule has 2 nitrogen and oxygen atoms in total. The highest BCUT2D eigenvalue weighted by Crippen LogP contribution is 2.55. The van der Waals surface area contributed by atoms with Crippen LogP contribution < -0.4 is 10.1 Å². The summed E-state index contributed by atoms with van der Waals surface area (Å²) in [4.78, 5) is 0. The van der Waals surface area contributed by atoms with Gasteiger partial charge < -0.3 is 10.1 Å². The van der Waals surface area contributed by atoms with Crippen molar-refractivity contribution in [2.75, 3.05) is 12.4 Å². The molecule has 2 aliphatic rings. The summed E-state index contributed by atoms with van der Waals surface area (Å²) in [6.45, 7) is 0. The minimum Gasteiger partial charge on any atom is -0.497 e. The lowest BCUT2D eigenvalue weighted by Gasteiger charge is -2.38. The molecule has 1 heterocycles. The number of nitrogens with one attached hydrogen (secondary N) is 1. The Balaban J connectivity index is 1.85. The second kappa shape index (κ2) is 6.18. The molecule has 24 heavy (non-hydrogen) atoms. The Bertz CT molecular complexity index is 834. The van der Waals surface area contributed by atoms with Gasteiger partial charge >= 0.3 is 0 Å². The summed E-state index contributed by atoms with van der Waals surface area (Å²) in [5.74, 6) is 1.43. The Hall–Kier alpha value is -1.35. The van der Waals surface area contributed by atoms with Crippen molar-refractivity contribution in [1.29, 1.82) is 0 Å². The van der Waals surface area contributed by atoms with Crippen molar-refractivity contribution in [3.63, 3.8) is 0 Å². The third-order valence-corrected chi connectivity index (χ3v) is 6.04. The van der Waals surface area contributed by atoms with E-state index in [0.29, 0.717) is 21.0 Å². The highest BCUT2D eigenvalue weighted by molar-refractivity contribution is 6.44. The van der Waals surface area contributed by atoms with Crippen molar-refractivity contribution in [3.8, 4) is 5.75 Å². The van der Waals surface area contributed by atoms with Crippen LogP contribution in [0.15, 0.2) is 42.5 Å². The van der Waals surface area contributed by atoms with Gasteiger partial charge in [-0.15, -0.1) is 0 Å². The number of hydrogen-bond acceptors (Lipinski definition) is 2. The molecule has 124 valence electrons. The fourth-order valence-electron chi connectivity index (χ4n) is 3.83. The molecule has 0 bridgehead atoms. The van der Waals surface area contributed by atoms with Crippen molar-refractivity contribution in [2.24, 2.45) is 5.92 Å². The van der Waals surface area contributed by atoms with Crippen molar-refractivity contribution in [1.82, 2.24) is 0 Å². The third-order valence-electron chi connectivity index (χ3n) is 4.93. The molecule has 3 unspecified atom stereocenters. The normalized spacial score (nSPS) is 24.2. The molecule has 0 radical (unpaired) electrons. The summed E-state index contributed by atoms with van der Waals surface area (Å²) >= 11 is 19.2. The fraction of sp³-hybridized carbons (Fsp3) is 0.263. The van der Waals surface area contributed by atoms with E-state index >= 15 is 0 Å². The van der Waals surface area contributed by atoms with E-state index in [4.69, 9.17) is 39.5 Å². The monoisotopic (exact) mass is 379 g/mol. The Kier molecular flexibility index (Phi) is 4.16. The summed E-state index contributed by atoms with van der Waals surface area (Å²) in [6, 6.07) is 10.0. The lowest BCUT2D eigenvalue weighted by molar-refractivity contribution is 0.406. The van der Waals surface area contributed by atoms with Crippen LogP contribution >= 0.6 is 34.8 Å². The lowest BCUT2D eigenvalue weighted by Crippen LogP contribution is -2.29. The van der Waals surface area contributed by atoms with Crippen LogP contribution in [0.2, 0.25) is 15.1 Å². The Morgan fingerprint density at radius 2 is 1.96 bits per heavy atom. The summed E-state index contributed by atoms with van der Waals surface area (Å²) in [6.07, 6.45) is 5.42. The zero-order chi connectivity index (χ0) is 16.8. The van der Waals surface area contributed by atoms with Crippen LogP contribution in [0, 0.1) is 5.92 Å². The summed E-state index contributed by atoms with van der Waals surface area (Å²) in [5, 5.41) is 5.30. The first kappa shape index (κ1) is 16.1. The first-order valence-electron chi connectivity index (χ1n) is 7.84. The maximum atomic E-state index is 6.51. The van der Waals surface area contributed by atoms with Crippen LogP contribution in [0.25, 0.3) is 0 Å². The van der Waals surface area contributed by atoms with Crippen LogP contribution in [0.3, 0.4) is 0 Å². The van der Waals surface area contributed by atoms with Crippen LogP contribution in [0.1, 0.15) is 29.5 Å². The van der Waals surface area contributed by atoms with E-state index in [1.165, 1.54) is 5.56 Å². The van der Waals surface area contributed by atoms with Gasteiger partial charge in [-0.25, -0.2) is 0 Å². The molecule has 5 heteroatoms. The zero-order valence-electron chi connectivity index (χ0n) is 13.0. The summed E-state index contributed by atoms with van der Waals surface area (Å²) in [7, 11) is 1.68. The predicted molar refractivity (Wildman–Crippen MR) is 101 cm³/mol. The standard InChI is InChI=1S/C19H16Cl3NO/c1-24-11-5-2-4-10(8-11)18-13-7-3-6-12(13)16-17(22)14(20)9-15(21)19(16)23-18/h2-6,8-9,12-13,18,23H,7H2,1H3. The number of halogens is 3. The highest BCUT2D eigenvalue weighted by Gasteiger charge is 2.40.